The van der Waals surface area contributed by atoms with E-state index in [2.05, 4.69) is 10.8 Å². The van der Waals surface area contributed by atoms with Gasteiger partial charge in [0.2, 0.25) is 0 Å². The van der Waals surface area contributed by atoms with E-state index in [1.165, 1.54) is 0 Å². The second-order valence-corrected chi connectivity index (χ2v) is 4.28. The van der Waals surface area contributed by atoms with Crippen molar-refractivity contribution in [1.82, 2.24) is 0 Å². The normalized spacial score (nSPS) is 13.1. The Labute approximate surface area is 86.1 Å². The Bertz CT molecular complexity index is 356. The van der Waals surface area contributed by atoms with Crippen molar-refractivity contribution in [2.75, 3.05) is 6.61 Å². The van der Waals surface area contributed by atoms with Gasteiger partial charge in [0.25, 0.3) is 10.1 Å². The number of hydrogen-bond donors (Lipinski definition) is 2. The molecule has 0 aromatic carbocycles. The van der Waals surface area contributed by atoms with Crippen LogP contribution in [0.4, 0.5) is 0 Å². The molecule has 0 aromatic heterocycles. The molecule has 0 aliphatic heterocycles. The lowest BCUT2D eigenvalue weighted by atomic mass is 10.3. The zero-order valence-electron chi connectivity index (χ0n) is 7.62. The maximum Gasteiger partial charge on any atom is 0.325 e. The lowest BCUT2D eigenvalue weighted by Crippen LogP contribution is -2.33. The van der Waals surface area contributed by atoms with Crippen LogP contribution in [-0.2, 0) is 23.9 Å². The first-order valence-electron chi connectivity index (χ1n) is 3.75. The molecule has 0 aromatic rings. The topological polar surface area (TPSA) is 118 Å². The third kappa shape index (κ3) is 4.56. The molecular formula is C7H10O7S. The molecular weight excluding hydrogens is 228 g/mol. The van der Waals surface area contributed by atoms with Crippen LogP contribution in [0.1, 0.15) is 6.42 Å². The fraction of sp³-hybridized carbons (Fsp3) is 0.429. The van der Waals surface area contributed by atoms with Crippen molar-refractivity contribution in [2.45, 2.75) is 11.7 Å². The van der Waals surface area contributed by atoms with Crippen LogP contribution in [0, 0.1) is 0 Å². The summed E-state index contributed by atoms with van der Waals surface area (Å²) in [4.78, 5) is 20.7. The highest BCUT2D eigenvalue weighted by molar-refractivity contribution is 7.88. The molecule has 0 amide bonds. The van der Waals surface area contributed by atoms with Crippen LogP contribution < -0.4 is 0 Å². The number of hydrogen-bond acceptors (Lipinski definition) is 5. The van der Waals surface area contributed by atoms with Crippen molar-refractivity contribution in [3.63, 3.8) is 0 Å². The van der Waals surface area contributed by atoms with Gasteiger partial charge in [0.05, 0.1) is 13.0 Å². The lowest BCUT2D eigenvalue weighted by Gasteiger charge is -2.09. The maximum atomic E-state index is 11.2. The predicted octanol–water partition coefficient (Wildman–Crippen LogP) is -0.553. The smallest absolute Gasteiger partial charge is 0.325 e. The molecule has 0 aliphatic carbocycles. The van der Waals surface area contributed by atoms with Gasteiger partial charge in [-0.1, -0.05) is 6.08 Å². The first-order chi connectivity index (χ1) is 6.81. The van der Waals surface area contributed by atoms with Gasteiger partial charge < -0.3 is 10.2 Å². The molecule has 0 saturated heterocycles. The minimum atomic E-state index is -4.43. The highest BCUT2D eigenvalue weighted by Crippen LogP contribution is 2.09. The van der Waals surface area contributed by atoms with E-state index in [1.807, 2.05) is 0 Å². The van der Waals surface area contributed by atoms with E-state index in [0.717, 1.165) is 6.08 Å². The minimum absolute atomic E-state index is 0.397. The largest absolute Gasteiger partial charge is 0.481 e. The Hall–Kier alpha value is -1.41. The number of rotatable bonds is 7. The second kappa shape index (κ2) is 5.47. The van der Waals surface area contributed by atoms with Crippen molar-refractivity contribution in [3.8, 4) is 0 Å². The van der Waals surface area contributed by atoms with Gasteiger partial charge in [0, 0.05) is 0 Å². The van der Waals surface area contributed by atoms with Gasteiger partial charge in [0.15, 0.2) is 5.25 Å². The fourth-order valence-electron chi connectivity index (χ4n) is 0.697. The van der Waals surface area contributed by atoms with Crippen molar-refractivity contribution >= 4 is 22.1 Å². The molecule has 0 heterocycles. The van der Waals surface area contributed by atoms with Crippen LogP contribution >= 0.6 is 0 Å². The van der Waals surface area contributed by atoms with E-state index in [9.17, 15) is 18.0 Å². The SMILES string of the molecule is C=CCOS(=O)(=O)C(CC(=O)O)C(=O)O. The molecule has 0 rings (SSSR count). The van der Waals surface area contributed by atoms with Crippen molar-refractivity contribution in [1.29, 1.82) is 0 Å². The number of carboxylic acid groups (broad SMARTS) is 2. The summed E-state index contributed by atoms with van der Waals surface area (Å²) in [5.41, 5.74) is 0. The predicted molar refractivity (Wildman–Crippen MR) is 48.7 cm³/mol. The lowest BCUT2D eigenvalue weighted by molar-refractivity contribution is -0.143. The molecule has 15 heavy (non-hydrogen) atoms. The molecule has 0 aliphatic rings. The Kier molecular flexibility index (Phi) is 4.95. The van der Waals surface area contributed by atoms with Gasteiger partial charge in [-0.25, -0.2) is 0 Å². The van der Waals surface area contributed by atoms with E-state index >= 15 is 0 Å². The molecule has 0 spiro atoms. The Morgan fingerprint density at radius 2 is 1.93 bits per heavy atom. The molecule has 0 saturated carbocycles. The van der Waals surface area contributed by atoms with E-state index in [-0.39, 0.29) is 0 Å². The van der Waals surface area contributed by atoms with Crippen LogP contribution in [-0.4, -0.2) is 42.4 Å². The monoisotopic (exact) mass is 238 g/mol. The first kappa shape index (κ1) is 13.6. The number of aliphatic carboxylic acids is 2. The summed E-state index contributed by atoms with van der Waals surface area (Å²) in [6.07, 6.45) is 0.0615. The molecule has 1 atom stereocenters. The molecule has 2 N–H and O–H groups in total. The molecule has 86 valence electrons. The minimum Gasteiger partial charge on any atom is -0.481 e. The second-order valence-electron chi connectivity index (χ2n) is 2.49. The van der Waals surface area contributed by atoms with E-state index < -0.39 is 40.3 Å². The standard InChI is InChI=1S/C7H10O7S/c1-2-3-14-15(12,13)5(7(10)11)4-6(8)9/h2,5H,1,3-4H2,(H,8,9)(H,10,11). The van der Waals surface area contributed by atoms with Gasteiger partial charge in [-0.05, 0) is 0 Å². The number of carboxylic acids is 2. The molecule has 1 unspecified atom stereocenters. The fourth-order valence-corrected chi connectivity index (χ4v) is 1.74. The highest BCUT2D eigenvalue weighted by Gasteiger charge is 2.35. The summed E-state index contributed by atoms with van der Waals surface area (Å²) in [6.45, 7) is 2.78. The van der Waals surface area contributed by atoms with Crippen molar-refractivity contribution in [3.05, 3.63) is 12.7 Å². The summed E-state index contributed by atoms with van der Waals surface area (Å²) in [7, 11) is -4.43. The average molecular weight is 238 g/mol. The third-order valence-corrected chi connectivity index (χ3v) is 2.86. The van der Waals surface area contributed by atoms with Crippen LogP contribution in [0.15, 0.2) is 12.7 Å². The molecule has 8 heteroatoms. The van der Waals surface area contributed by atoms with Gasteiger partial charge in [-0.15, -0.1) is 6.58 Å². The zero-order chi connectivity index (χ0) is 12.1. The highest BCUT2D eigenvalue weighted by atomic mass is 32.2. The Morgan fingerprint density at radius 3 is 2.27 bits per heavy atom. The van der Waals surface area contributed by atoms with Gasteiger partial charge in [-0.3, -0.25) is 13.8 Å². The van der Waals surface area contributed by atoms with Crippen molar-refractivity contribution < 1.29 is 32.4 Å². The van der Waals surface area contributed by atoms with Crippen molar-refractivity contribution in [2.24, 2.45) is 0 Å². The zero-order valence-corrected chi connectivity index (χ0v) is 8.44. The van der Waals surface area contributed by atoms with Crippen LogP contribution in [0.5, 0.6) is 0 Å². The summed E-state index contributed by atoms with van der Waals surface area (Å²) >= 11 is 0. The van der Waals surface area contributed by atoms with Crippen LogP contribution in [0.2, 0.25) is 0 Å². The van der Waals surface area contributed by atoms with E-state index in [0.29, 0.717) is 0 Å². The third-order valence-electron chi connectivity index (χ3n) is 1.33. The van der Waals surface area contributed by atoms with E-state index in [4.69, 9.17) is 10.2 Å². The summed E-state index contributed by atoms with van der Waals surface area (Å²) < 4.78 is 26.5. The molecule has 0 radical (unpaired) electrons. The van der Waals surface area contributed by atoms with Crippen LogP contribution in [0.3, 0.4) is 0 Å². The summed E-state index contributed by atoms with van der Waals surface area (Å²) in [6, 6.07) is 0. The quantitative estimate of drug-likeness (QED) is 0.451. The summed E-state index contributed by atoms with van der Waals surface area (Å²) in [5.74, 6) is -3.30. The molecule has 0 fully saturated rings. The van der Waals surface area contributed by atoms with E-state index in [1.54, 1.807) is 0 Å². The molecule has 0 bridgehead atoms. The Balaban J connectivity index is 4.82. The maximum absolute atomic E-state index is 11.2. The first-order valence-corrected chi connectivity index (χ1v) is 5.22. The number of carbonyl (C=O) groups is 2. The van der Waals surface area contributed by atoms with Gasteiger partial charge >= 0.3 is 11.9 Å². The van der Waals surface area contributed by atoms with Gasteiger partial charge in [-0.2, -0.15) is 8.42 Å². The molecule has 7 nitrogen and oxygen atoms in total. The average Bonchev–Trinajstić information content (AvgIpc) is 2.10. The summed E-state index contributed by atoms with van der Waals surface area (Å²) in [5, 5.41) is 14.7. The Morgan fingerprint density at radius 1 is 1.40 bits per heavy atom. The van der Waals surface area contributed by atoms with Gasteiger partial charge in [0.1, 0.15) is 0 Å². The van der Waals surface area contributed by atoms with Crippen LogP contribution in [0.25, 0.3) is 0 Å².